The summed E-state index contributed by atoms with van der Waals surface area (Å²) in [5.41, 5.74) is 1.25. The van der Waals surface area contributed by atoms with Crippen LogP contribution in [0, 0.1) is 6.07 Å². The lowest BCUT2D eigenvalue weighted by molar-refractivity contribution is 1.21. The molecule has 0 bridgehead atoms. The summed E-state index contributed by atoms with van der Waals surface area (Å²) in [6.45, 7) is 0. The Balaban J connectivity index is 2.57. The maximum atomic E-state index is 11.0. The monoisotopic (exact) mass is 184 g/mol. The smallest absolute Gasteiger partial charge is 0.306 e. The van der Waals surface area contributed by atoms with Crippen LogP contribution in [0.3, 0.4) is 0 Å². The van der Waals surface area contributed by atoms with E-state index in [0.717, 1.165) is 16.3 Å². The third-order valence-electron chi connectivity index (χ3n) is 2.17. The zero-order chi connectivity index (χ0) is 9.54. The Morgan fingerprint density at radius 3 is 3.21 bits per heavy atom. The van der Waals surface area contributed by atoms with Crippen molar-refractivity contribution in [2.45, 2.75) is 0 Å². The van der Waals surface area contributed by atoms with Crippen LogP contribution < -0.4 is 5.69 Å². The van der Waals surface area contributed by atoms with Gasteiger partial charge in [0.15, 0.2) is 0 Å². The van der Waals surface area contributed by atoms with Gasteiger partial charge in [-0.25, -0.2) is 4.79 Å². The highest BCUT2D eigenvalue weighted by atomic mass is 16.1. The van der Waals surface area contributed by atoms with Crippen LogP contribution in [-0.2, 0) is 0 Å². The number of benzene rings is 1. The minimum atomic E-state index is -0.209. The zero-order valence-corrected chi connectivity index (χ0v) is 7.16. The fourth-order valence-corrected chi connectivity index (χ4v) is 1.53. The van der Waals surface area contributed by atoms with E-state index in [0.29, 0.717) is 5.52 Å². The summed E-state index contributed by atoms with van der Waals surface area (Å²) in [6, 6.07) is 6.87. The van der Waals surface area contributed by atoms with Gasteiger partial charge in [-0.15, -0.1) is 0 Å². The van der Waals surface area contributed by atoms with E-state index in [4.69, 9.17) is 0 Å². The van der Waals surface area contributed by atoms with E-state index in [1.807, 2.05) is 12.1 Å². The first-order valence-corrected chi connectivity index (χ1v) is 4.21. The molecule has 0 aliphatic heterocycles. The molecule has 3 rings (SSSR count). The number of hydrogen-bond donors (Lipinski definition) is 2. The van der Waals surface area contributed by atoms with Gasteiger partial charge in [0, 0.05) is 23.8 Å². The lowest BCUT2D eigenvalue weighted by Gasteiger charge is -1.94. The summed E-state index contributed by atoms with van der Waals surface area (Å²) in [5, 5.41) is 1.91. The predicted octanol–water partition coefficient (Wildman–Crippen LogP) is 1.20. The van der Waals surface area contributed by atoms with E-state index >= 15 is 0 Å². The van der Waals surface area contributed by atoms with Crippen molar-refractivity contribution in [3.8, 4) is 0 Å². The van der Waals surface area contributed by atoms with Gasteiger partial charge in [-0.05, 0) is 17.5 Å². The van der Waals surface area contributed by atoms with Gasteiger partial charge >= 0.3 is 5.69 Å². The molecule has 0 saturated heterocycles. The molecule has 0 unspecified atom stereocenters. The molecule has 4 heteroatoms. The molecule has 0 spiro atoms. The van der Waals surface area contributed by atoms with Crippen molar-refractivity contribution in [3.05, 3.63) is 41.1 Å². The maximum absolute atomic E-state index is 11.0. The van der Waals surface area contributed by atoms with E-state index in [2.05, 4.69) is 21.0 Å². The van der Waals surface area contributed by atoms with Crippen LogP contribution in [-0.4, -0.2) is 15.0 Å². The van der Waals surface area contributed by atoms with Crippen molar-refractivity contribution < 1.29 is 0 Å². The van der Waals surface area contributed by atoms with Crippen molar-refractivity contribution >= 4 is 21.8 Å². The molecular weight excluding hydrogens is 178 g/mol. The maximum Gasteiger partial charge on any atom is 0.323 e. The number of nitrogens with zero attached hydrogens (tertiary/aromatic N) is 1. The fraction of sp³-hybridized carbons (Fsp3) is 0. The van der Waals surface area contributed by atoms with Gasteiger partial charge < -0.3 is 9.97 Å². The molecule has 0 amide bonds. The molecule has 2 aromatic heterocycles. The average molecular weight is 184 g/mol. The second-order valence-electron chi connectivity index (χ2n) is 3.10. The van der Waals surface area contributed by atoms with Crippen LogP contribution in [0.2, 0.25) is 0 Å². The van der Waals surface area contributed by atoms with E-state index in [1.165, 1.54) is 0 Å². The molecule has 0 aliphatic rings. The lowest BCUT2D eigenvalue weighted by Crippen LogP contribution is -1.99. The number of imidazole rings is 1. The quantitative estimate of drug-likeness (QED) is 0.551. The van der Waals surface area contributed by atoms with Gasteiger partial charge in [0.05, 0.1) is 11.0 Å². The Kier molecular flexibility index (Phi) is 1.28. The van der Waals surface area contributed by atoms with Crippen molar-refractivity contribution in [3.63, 3.8) is 0 Å². The minimum absolute atomic E-state index is 0.209. The molecule has 2 heterocycles. The number of nitrogens with one attached hydrogen (secondary N) is 2. The number of H-pyrrole nitrogens is 2. The van der Waals surface area contributed by atoms with Crippen molar-refractivity contribution in [2.75, 3.05) is 0 Å². The van der Waals surface area contributed by atoms with Crippen LogP contribution in [0.5, 0.6) is 0 Å². The Morgan fingerprint density at radius 2 is 2.29 bits per heavy atom. The van der Waals surface area contributed by atoms with Gasteiger partial charge in [-0.3, -0.25) is 4.98 Å². The first kappa shape index (κ1) is 7.32. The number of pyridine rings is 1. The van der Waals surface area contributed by atoms with Crippen LogP contribution >= 0.6 is 0 Å². The molecule has 3 aromatic rings. The second-order valence-corrected chi connectivity index (χ2v) is 3.10. The van der Waals surface area contributed by atoms with Crippen molar-refractivity contribution in [2.24, 2.45) is 0 Å². The summed E-state index contributed by atoms with van der Waals surface area (Å²) < 4.78 is 0. The summed E-state index contributed by atoms with van der Waals surface area (Å²) in [4.78, 5) is 20.4. The summed E-state index contributed by atoms with van der Waals surface area (Å²) >= 11 is 0. The third-order valence-corrected chi connectivity index (χ3v) is 2.17. The van der Waals surface area contributed by atoms with Gasteiger partial charge in [-0.1, -0.05) is 0 Å². The molecule has 0 aliphatic carbocycles. The highest BCUT2D eigenvalue weighted by Crippen LogP contribution is 2.16. The molecule has 67 valence electrons. The fourth-order valence-electron chi connectivity index (χ4n) is 1.53. The van der Waals surface area contributed by atoms with E-state index in [9.17, 15) is 4.79 Å². The van der Waals surface area contributed by atoms with Gasteiger partial charge in [0.2, 0.25) is 0 Å². The van der Waals surface area contributed by atoms with Crippen LogP contribution in [0.1, 0.15) is 0 Å². The SMILES string of the molecule is O=c1[nH]c2[c]c3cnccc3cc2[nH]1. The summed E-state index contributed by atoms with van der Waals surface area (Å²) in [6.07, 6.45) is 3.44. The molecule has 1 radical (unpaired) electrons. The number of hydrogen-bond acceptors (Lipinski definition) is 2. The third kappa shape index (κ3) is 0.939. The van der Waals surface area contributed by atoms with Crippen molar-refractivity contribution in [1.29, 1.82) is 0 Å². The minimum Gasteiger partial charge on any atom is -0.306 e. The summed E-state index contributed by atoms with van der Waals surface area (Å²) in [7, 11) is 0. The largest absolute Gasteiger partial charge is 0.323 e. The number of aromatic amines is 2. The second kappa shape index (κ2) is 2.45. The molecule has 0 fully saturated rings. The number of fused-ring (bicyclic) bond motifs is 2. The van der Waals surface area contributed by atoms with Crippen LogP contribution in [0.4, 0.5) is 0 Å². The zero-order valence-electron chi connectivity index (χ0n) is 7.16. The molecule has 4 nitrogen and oxygen atoms in total. The first-order chi connectivity index (χ1) is 6.83. The van der Waals surface area contributed by atoms with E-state index in [-0.39, 0.29) is 5.69 Å². The Morgan fingerprint density at radius 1 is 1.36 bits per heavy atom. The highest BCUT2D eigenvalue weighted by Gasteiger charge is 2.00. The van der Waals surface area contributed by atoms with E-state index in [1.54, 1.807) is 12.4 Å². The molecular formula is C10H6N3O. The molecule has 1 aromatic carbocycles. The average Bonchev–Trinajstić information content (AvgIpc) is 2.53. The molecule has 0 atom stereocenters. The Bertz CT molecular complexity index is 610. The number of rotatable bonds is 0. The number of aromatic nitrogens is 3. The van der Waals surface area contributed by atoms with Crippen molar-refractivity contribution in [1.82, 2.24) is 15.0 Å². The topological polar surface area (TPSA) is 61.5 Å². The van der Waals surface area contributed by atoms with Crippen LogP contribution in [0.25, 0.3) is 21.8 Å². The van der Waals surface area contributed by atoms with Gasteiger partial charge in [0.25, 0.3) is 0 Å². The summed E-state index contributed by atoms with van der Waals surface area (Å²) in [5.74, 6) is 0. The van der Waals surface area contributed by atoms with Gasteiger partial charge in [0.1, 0.15) is 0 Å². The molecule has 2 N–H and O–H groups in total. The Labute approximate surface area is 78.6 Å². The lowest BCUT2D eigenvalue weighted by atomic mass is 10.1. The molecule has 0 saturated carbocycles. The van der Waals surface area contributed by atoms with Gasteiger partial charge in [-0.2, -0.15) is 0 Å². The van der Waals surface area contributed by atoms with Crippen LogP contribution in [0.15, 0.2) is 29.3 Å². The normalized spacial score (nSPS) is 11.1. The standard InChI is InChI=1S/C10H6N3O/c14-10-12-8-3-6-1-2-11-5-7(6)4-9(8)13-10/h1-3,5H,(H2,12,13,14). The Hall–Kier alpha value is -2.10. The highest BCUT2D eigenvalue weighted by molar-refractivity contribution is 5.93. The first-order valence-electron chi connectivity index (χ1n) is 4.21. The molecule has 14 heavy (non-hydrogen) atoms. The van der Waals surface area contributed by atoms with E-state index < -0.39 is 0 Å². The predicted molar refractivity (Wildman–Crippen MR) is 53.1 cm³/mol.